The molecule has 4 heteroatoms. The van der Waals surface area contributed by atoms with Crippen molar-refractivity contribution in [1.82, 2.24) is 10.2 Å². The number of carbonyl (C=O) groups excluding carboxylic acids is 1. The minimum Gasteiger partial charge on any atom is -0.393 e. The number of hydrogen-bond acceptors (Lipinski definition) is 3. The number of nitrogens with zero attached hydrogens (tertiary/aromatic N) is 1. The van der Waals surface area contributed by atoms with Gasteiger partial charge in [0.1, 0.15) is 0 Å². The summed E-state index contributed by atoms with van der Waals surface area (Å²) in [5.41, 5.74) is 0. The summed E-state index contributed by atoms with van der Waals surface area (Å²) in [6.07, 6.45) is 4.08. The fourth-order valence-corrected chi connectivity index (χ4v) is 3.33. The molecule has 4 nitrogen and oxygen atoms in total. The zero-order valence-electron chi connectivity index (χ0n) is 9.56. The Morgan fingerprint density at radius 3 is 2.69 bits per heavy atom. The minimum atomic E-state index is -0.112. The molecule has 3 unspecified atom stereocenters. The number of fused-ring (bicyclic) bond motifs is 1. The van der Waals surface area contributed by atoms with Gasteiger partial charge in [0.2, 0.25) is 5.91 Å². The van der Waals surface area contributed by atoms with Gasteiger partial charge in [-0.2, -0.15) is 0 Å². The molecule has 1 amide bonds. The normalized spacial score (nSPS) is 42.7. The van der Waals surface area contributed by atoms with E-state index >= 15 is 0 Å². The van der Waals surface area contributed by atoms with Gasteiger partial charge >= 0.3 is 0 Å². The Morgan fingerprint density at radius 2 is 1.94 bits per heavy atom. The zero-order valence-corrected chi connectivity index (χ0v) is 9.56. The highest BCUT2D eigenvalue weighted by Gasteiger charge is 2.39. The molecule has 2 N–H and O–H groups in total. The maximum absolute atomic E-state index is 11.9. The summed E-state index contributed by atoms with van der Waals surface area (Å²) in [7, 11) is 0. The lowest BCUT2D eigenvalue weighted by molar-refractivity contribution is -0.130. The molecule has 2 aliphatic heterocycles. The summed E-state index contributed by atoms with van der Waals surface area (Å²) in [6, 6.07) is 0.0999. The Morgan fingerprint density at radius 1 is 1.19 bits per heavy atom. The quantitative estimate of drug-likeness (QED) is 0.615. The van der Waals surface area contributed by atoms with Gasteiger partial charge in [-0.1, -0.05) is 0 Å². The van der Waals surface area contributed by atoms with Crippen LogP contribution in [0.25, 0.3) is 0 Å². The number of carbonyl (C=O) groups is 1. The third-order valence-electron chi connectivity index (χ3n) is 4.45. The van der Waals surface area contributed by atoms with Crippen LogP contribution in [-0.4, -0.2) is 47.7 Å². The molecule has 3 fully saturated rings. The van der Waals surface area contributed by atoms with Crippen molar-refractivity contribution in [2.24, 2.45) is 11.8 Å². The van der Waals surface area contributed by atoms with E-state index in [4.69, 9.17) is 0 Å². The average molecular weight is 224 g/mol. The predicted molar refractivity (Wildman–Crippen MR) is 59.8 cm³/mol. The average Bonchev–Trinajstić information content (AvgIpc) is 3.09. The molecule has 0 aromatic rings. The van der Waals surface area contributed by atoms with Crippen LogP contribution in [0.4, 0.5) is 0 Å². The van der Waals surface area contributed by atoms with Gasteiger partial charge in [0, 0.05) is 19.6 Å². The highest BCUT2D eigenvalue weighted by molar-refractivity contribution is 5.84. The molecule has 0 radical (unpaired) electrons. The largest absolute Gasteiger partial charge is 0.393 e. The molecule has 2 saturated heterocycles. The van der Waals surface area contributed by atoms with Crippen LogP contribution in [0.5, 0.6) is 0 Å². The van der Waals surface area contributed by atoms with Crippen molar-refractivity contribution < 1.29 is 9.90 Å². The Labute approximate surface area is 96.0 Å². The lowest BCUT2D eigenvalue weighted by Crippen LogP contribution is -2.36. The highest BCUT2D eigenvalue weighted by Crippen LogP contribution is 2.38. The Kier molecular flexibility index (Phi) is 2.64. The van der Waals surface area contributed by atoms with E-state index in [1.165, 1.54) is 0 Å². The van der Waals surface area contributed by atoms with Crippen molar-refractivity contribution in [3.63, 3.8) is 0 Å². The summed E-state index contributed by atoms with van der Waals surface area (Å²) in [5.74, 6) is 1.37. The van der Waals surface area contributed by atoms with Crippen molar-refractivity contribution in [3.05, 3.63) is 0 Å². The molecule has 90 valence electrons. The lowest BCUT2D eigenvalue weighted by Gasteiger charge is -2.20. The van der Waals surface area contributed by atoms with Crippen LogP contribution in [0.15, 0.2) is 0 Å². The van der Waals surface area contributed by atoms with Crippen molar-refractivity contribution in [2.75, 3.05) is 19.6 Å². The van der Waals surface area contributed by atoms with Gasteiger partial charge < -0.3 is 15.3 Å². The second-order valence-electron chi connectivity index (χ2n) is 5.43. The van der Waals surface area contributed by atoms with E-state index in [1.54, 1.807) is 0 Å². The Bertz CT molecular complexity index is 291. The third kappa shape index (κ3) is 1.84. The van der Waals surface area contributed by atoms with Crippen LogP contribution < -0.4 is 5.32 Å². The minimum absolute atomic E-state index is 0.0999. The summed E-state index contributed by atoms with van der Waals surface area (Å²) >= 11 is 0. The number of aliphatic hydroxyl groups is 1. The van der Waals surface area contributed by atoms with Crippen LogP contribution in [0.3, 0.4) is 0 Å². The van der Waals surface area contributed by atoms with Gasteiger partial charge in [0.25, 0.3) is 0 Å². The van der Waals surface area contributed by atoms with E-state index in [0.29, 0.717) is 11.8 Å². The molecule has 0 aromatic heterocycles. The first kappa shape index (κ1) is 10.5. The second-order valence-corrected chi connectivity index (χ2v) is 5.43. The molecule has 0 bridgehead atoms. The molecule has 3 aliphatic rings. The van der Waals surface area contributed by atoms with Crippen molar-refractivity contribution in [2.45, 2.75) is 37.8 Å². The van der Waals surface area contributed by atoms with Gasteiger partial charge in [-0.15, -0.1) is 0 Å². The molecule has 0 aromatic carbocycles. The number of hydrogen-bond donors (Lipinski definition) is 2. The van der Waals surface area contributed by atoms with Crippen LogP contribution in [0.2, 0.25) is 0 Å². The van der Waals surface area contributed by atoms with Gasteiger partial charge in [0.15, 0.2) is 0 Å². The first-order valence-electron chi connectivity index (χ1n) is 6.46. The monoisotopic (exact) mass is 224 g/mol. The molecule has 1 aliphatic carbocycles. The molecular formula is C12H20N2O2. The second kappa shape index (κ2) is 4.00. The molecular weight excluding hydrogens is 204 g/mol. The number of rotatable bonds is 1. The standard InChI is InChI=1S/C12H20N2O2/c15-11-2-1-8-3-5-14(6-4-9(8)11)12(16)10-7-13-10/h8-11,13,15H,1-7H2/t8?,9?,10?,11-/m1/s1. The smallest absolute Gasteiger partial charge is 0.241 e. The summed E-state index contributed by atoms with van der Waals surface area (Å²) in [6.45, 7) is 2.59. The molecule has 0 spiro atoms. The summed E-state index contributed by atoms with van der Waals surface area (Å²) in [4.78, 5) is 13.9. The maximum atomic E-state index is 11.9. The summed E-state index contributed by atoms with van der Waals surface area (Å²) < 4.78 is 0. The van der Waals surface area contributed by atoms with Crippen LogP contribution >= 0.6 is 0 Å². The SMILES string of the molecule is O=C(C1CN1)N1CCC2CC[C@@H](O)C2CC1. The van der Waals surface area contributed by atoms with Crippen LogP contribution in [0.1, 0.15) is 25.7 Å². The first-order valence-corrected chi connectivity index (χ1v) is 6.46. The number of aliphatic hydroxyl groups excluding tert-OH is 1. The number of nitrogens with one attached hydrogen (secondary N) is 1. The zero-order chi connectivity index (χ0) is 11.1. The number of likely N-dealkylation sites (tertiary alicyclic amines) is 1. The van der Waals surface area contributed by atoms with Gasteiger partial charge in [-0.3, -0.25) is 4.79 Å². The van der Waals surface area contributed by atoms with Crippen LogP contribution in [0, 0.1) is 11.8 Å². The lowest BCUT2D eigenvalue weighted by atomic mass is 9.90. The highest BCUT2D eigenvalue weighted by atomic mass is 16.3. The van der Waals surface area contributed by atoms with E-state index < -0.39 is 0 Å². The Balaban J connectivity index is 1.63. The topological polar surface area (TPSA) is 62.5 Å². The molecule has 1 saturated carbocycles. The molecule has 3 rings (SSSR count). The van der Waals surface area contributed by atoms with Crippen LogP contribution in [-0.2, 0) is 4.79 Å². The molecule has 16 heavy (non-hydrogen) atoms. The molecule has 2 heterocycles. The first-order chi connectivity index (χ1) is 7.75. The van der Waals surface area contributed by atoms with E-state index in [1.807, 2.05) is 4.90 Å². The summed E-state index contributed by atoms with van der Waals surface area (Å²) in [5, 5.41) is 13.0. The van der Waals surface area contributed by atoms with Crippen molar-refractivity contribution >= 4 is 5.91 Å². The van der Waals surface area contributed by atoms with Gasteiger partial charge in [-0.05, 0) is 37.5 Å². The van der Waals surface area contributed by atoms with Crippen molar-refractivity contribution in [1.29, 1.82) is 0 Å². The van der Waals surface area contributed by atoms with Gasteiger partial charge in [0.05, 0.1) is 12.1 Å². The molecule has 4 atom stereocenters. The predicted octanol–water partition coefficient (Wildman–Crippen LogP) is -0.0323. The Hall–Kier alpha value is -0.610. The maximum Gasteiger partial charge on any atom is 0.241 e. The fraction of sp³-hybridized carbons (Fsp3) is 0.917. The van der Waals surface area contributed by atoms with E-state index in [2.05, 4.69) is 5.32 Å². The van der Waals surface area contributed by atoms with Crippen molar-refractivity contribution in [3.8, 4) is 0 Å². The van der Waals surface area contributed by atoms with E-state index in [-0.39, 0.29) is 18.1 Å². The van der Waals surface area contributed by atoms with Gasteiger partial charge in [-0.25, -0.2) is 0 Å². The van der Waals surface area contributed by atoms with E-state index in [9.17, 15) is 9.90 Å². The fourth-order valence-electron chi connectivity index (χ4n) is 3.33. The van der Waals surface area contributed by atoms with E-state index in [0.717, 1.165) is 45.3 Å². The third-order valence-corrected chi connectivity index (χ3v) is 4.45. The number of amides is 1.